The highest BCUT2D eigenvalue weighted by molar-refractivity contribution is 5.93. The molecule has 0 aromatic rings. The quantitative estimate of drug-likeness (QED) is 0.834. The summed E-state index contributed by atoms with van der Waals surface area (Å²) in [4.78, 5) is 11.7. The molecule has 0 aromatic heterocycles. The molecule has 0 aliphatic heterocycles. The molecule has 21 heavy (non-hydrogen) atoms. The molecule has 0 heterocycles. The fourth-order valence-corrected chi connectivity index (χ4v) is 5.99. The standard InChI is InChI=1S/C19H26O2/c20-11-10-19-8-1-2-18(19)17-5-3-13-12-14(21)4-6-15(13)16(17)7-9-19/h12,17-18,20H,1-11H2/t17-,18+,19+/m1/s1. The van der Waals surface area contributed by atoms with E-state index in [1.165, 1.54) is 44.1 Å². The van der Waals surface area contributed by atoms with Crippen molar-refractivity contribution in [3.63, 3.8) is 0 Å². The monoisotopic (exact) mass is 286 g/mol. The van der Waals surface area contributed by atoms with Gasteiger partial charge in [-0.15, -0.1) is 0 Å². The molecule has 2 fully saturated rings. The van der Waals surface area contributed by atoms with E-state index in [0.29, 0.717) is 17.8 Å². The largest absolute Gasteiger partial charge is 0.396 e. The molecule has 0 spiro atoms. The molecule has 0 amide bonds. The van der Waals surface area contributed by atoms with Gasteiger partial charge in [-0.2, -0.15) is 0 Å². The van der Waals surface area contributed by atoms with E-state index in [2.05, 4.69) is 0 Å². The molecule has 0 saturated heterocycles. The SMILES string of the molecule is O=C1C=C2CC[C@@H]3C(=C2CC1)CC[C@]1(CCO)CCC[C@@H]31. The first-order chi connectivity index (χ1) is 10.2. The number of carbonyl (C=O) groups excluding carboxylic acids is 1. The molecule has 0 aromatic carbocycles. The Morgan fingerprint density at radius 1 is 1.14 bits per heavy atom. The lowest BCUT2D eigenvalue weighted by molar-refractivity contribution is -0.114. The average molecular weight is 286 g/mol. The van der Waals surface area contributed by atoms with E-state index in [0.717, 1.165) is 37.5 Å². The molecule has 4 aliphatic carbocycles. The maximum atomic E-state index is 11.7. The lowest BCUT2D eigenvalue weighted by Gasteiger charge is -2.49. The van der Waals surface area contributed by atoms with Crippen molar-refractivity contribution in [2.24, 2.45) is 17.3 Å². The Morgan fingerprint density at radius 3 is 2.90 bits per heavy atom. The van der Waals surface area contributed by atoms with Gasteiger partial charge >= 0.3 is 0 Å². The zero-order valence-electron chi connectivity index (χ0n) is 12.9. The summed E-state index contributed by atoms with van der Waals surface area (Å²) in [5.74, 6) is 1.90. The van der Waals surface area contributed by atoms with Gasteiger partial charge < -0.3 is 5.11 Å². The molecule has 2 saturated carbocycles. The van der Waals surface area contributed by atoms with Gasteiger partial charge in [0, 0.05) is 13.0 Å². The Morgan fingerprint density at radius 2 is 2.05 bits per heavy atom. The Bertz CT molecular complexity index is 528. The van der Waals surface area contributed by atoms with Crippen molar-refractivity contribution in [2.75, 3.05) is 6.61 Å². The maximum absolute atomic E-state index is 11.7. The van der Waals surface area contributed by atoms with Gasteiger partial charge in [-0.3, -0.25) is 4.79 Å². The topological polar surface area (TPSA) is 37.3 Å². The molecular weight excluding hydrogens is 260 g/mol. The molecule has 0 unspecified atom stereocenters. The minimum Gasteiger partial charge on any atom is -0.396 e. The second-order valence-corrected chi connectivity index (χ2v) is 7.62. The molecule has 4 rings (SSSR count). The van der Waals surface area contributed by atoms with Crippen molar-refractivity contribution in [1.29, 1.82) is 0 Å². The number of aliphatic hydroxyl groups is 1. The molecule has 0 radical (unpaired) electrons. The van der Waals surface area contributed by atoms with Crippen molar-refractivity contribution in [2.45, 2.75) is 64.2 Å². The third kappa shape index (κ3) is 2.06. The Labute approximate surface area is 127 Å². The van der Waals surface area contributed by atoms with Gasteiger partial charge in [0.15, 0.2) is 5.78 Å². The van der Waals surface area contributed by atoms with Crippen LogP contribution in [0, 0.1) is 17.3 Å². The zero-order valence-corrected chi connectivity index (χ0v) is 12.9. The van der Waals surface area contributed by atoms with Gasteiger partial charge in [-0.05, 0) is 85.8 Å². The Kier molecular flexibility index (Phi) is 3.33. The highest BCUT2D eigenvalue weighted by Gasteiger charge is 2.50. The summed E-state index contributed by atoms with van der Waals surface area (Å²) in [5, 5.41) is 9.51. The maximum Gasteiger partial charge on any atom is 0.156 e. The summed E-state index contributed by atoms with van der Waals surface area (Å²) in [5.41, 5.74) is 5.08. The summed E-state index contributed by atoms with van der Waals surface area (Å²) in [7, 11) is 0. The molecule has 2 nitrogen and oxygen atoms in total. The first-order valence-electron chi connectivity index (χ1n) is 8.80. The first kappa shape index (κ1) is 13.8. The second kappa shape index (κ2) is 5.08. The fourth-order valence-electron chi connectivity index (χ4n) is 5.99. The lowest BCUT2D eigenvalue weighted by Crippen LogP contribution is -2.39. The average Bonchev–Trinajstić information content (AvgIpc) is 2.90. The number of carbonyl (C=O) groups is 1. The van der Waals surface area contributed by atoms with Crippen molar-refractivity contribution in [1.82, 2.24) is 0 Å². The smallest absolute Gasteiger partial charge is 0.156 e. The van der Waals surface area contributed by atoms with E-state index in [1.807, 2.05) is 6.08 Å². The van der Waals surface area contributed by atoms with Crippen molar-refractivity contribution >= 4 is 5.78 Å². The van der Waals surface area contributed by atoms with Gasteiger partial charge in [-0.25, -0.2) is 0 Å². The van der Waals surface area contributed by atoms with Crippen molar-refractivity contribution < 1.29 is 9.90 Å². The third-order valence-electron chi connectivity index (χ3n) is 6.87. The van der Waals surface area contributed by atoms with Crippen molar-refractivity contribution in [3.8, 4) is 0 Å². The molecule has 2 heteroatoms. The van der Waals surface area contributed by atoms with Crippen LogP contribution in [-0.4, -0.2) is 17.5 Å². The third-order valence-corrected chi connectivity index (χ3v) is 6.87. The molecule has 3 atom stereocenters. The van der Waals surface area contributed by atoms with E-state index in [4.69, 9.17) is 0 Å². The predicted octanol–water partition coefficient (Wildman–Crippen LogP) is 3.95. The van der Waals surface area contributed by atoms with E-state index < -0.39 is 0 Å². The molecule has 114 valence electrons. The van der Waals surface area contributed by atoms with Gasteiger partial charge in [0.05, 0.1) is 0 Å². The Balaban J connectivity index is 1.70. The van der Waals surface area contributed by atoms with E-state index in [9.17, 15) is 9.90 Å². The van der Waals surface area contributed by atoms with Gasteiger partial charge in [0.25, 0.3) is 0 Å². The minimum absolute atomic E-state index is 0.333. The zero-order chi connectivity index (χ0) is 14.4. The summed E-state index contributed by atoms with van der Waals surface area (Å²) >= 11 is 0. The van der Waals surface area contributed by atoms with E-state index >= 15 is 0 Å². The minimum atomic E-state index is 0.333. The number of aliphatic hydroxyl groups excluding tert-OH is 1. The fraction of sp³-hybridized carbons (Fsp3) is 0.737. The summed E-state index contributed by atoms with van der Waals surface area (Å²) in [6, 6.07) is 0. The predicted molar refractivity (Wildman–Crippen MR) is 82.8 cm³/mol. The van der Waals surface area contributed by atoms with Gasteiger partial charge in [-0.1, -0.05) is 12.0 Å². The number of hydrogen-bond acceptors (Lipinski definition) is 2. The number of allylic oxidation sites excluding steroid dienone is 4. The van der Waals surface area contributed by atoms with Crippen LogP contribution in [0.15, 0.2) is 22.8 Å². The molecule has 1 N–H and O–H groups in total. The van der Waals surface area contributed by atoms with Crippen LogP contribution in [0.3, 0.4) is 0 Å². The van der Waals surface area contributed by atoms with Crippen LogP contribution in [0.25, 0.3) is 0 Å². The van der Waals surface area contributed by atoms with Crippen LogP contribution >= 0.6 is 0 Å². The van der Waals surface area contributed by atoms with E-state index in [1.54, 1.807) is 11.1 Å². The van der Waals surface area contributed by atoms with E-state index in [-0.39, 0.29) is 0 Å². The van der Waals surface area contributed by atoms with Crippen LogP contribution < -0.4 is 0 Å². The van der Waals surface area contributed by atoms with Gasteiger partial charge in [0.1, 0.15) is 0 Å². The van der Waals surface area contributed by atoms with Gasteiger partial charge in [0.2, 0.25) is 0 Å². The number of fused-ring (bicyclic) bond motifs is 4. The Hall–Kier alpha value is -0.890. The molecular formula is C19H26O2. The molecule has 4 aliphatic rings. The van der Waals surface area contributed by atoms with Crippen molar-refractivity contribution in [3.05, 3.63) is 22.8 Å². The summed E-state index contributed by atoms with van der Waals surface area (Å²) < 4.78 is 0. The van der Waals surface area contributed by atoms with Crippen LogP contribution in [-0.2, 0) is 4.79 Å². The second-order valence-electron chi connectivity index (χ2n) is 7.62. The number of rotatable bonds is 2. The summed E-state index contributed by atoms with van der Waals surface area (Å²) in [6.07, 6.45) is 13.6. The van der Waals surface area contributed by atoms with Crippen LogP contribution in [0.1, 0.15) is 64.2 Å². The normalized spacial score (nSPS) is 38.7. The lowest BCUT2D eigenvalue weighted by atomic mass is 9.56. The first-order valence-corrected chi connectivity index (χ1v) is 8.80. The van der Waals surface area contributed by atoms with Crippen LogP contribution in [0.5, 0.6) is 0 Å². The molecule has 0 bridgehead atoms. The highest BCUT2D eigenvalue weighted by atomic mass is 16.3. The highest BCUT2D eigenvalue weighted by Crippen LogP contribution is 2.61. The summed E-state index contributed by atoms with van der Waals surface area (Å²) in [6.45, 7) is 0.356. The number of hydrogen-bond donors (Lipinski definition) is 1. The number of ketones is 1. The van der Waals surface area contributed by atoms with Crippen LogP contribution in [0.2, 0.25) is 0 Å². The van der Waals surface area contributed by atoms with Crippen LogP contribution in [0.4, 0.5) is 0 Å².